The van der Waals surface area contributed by atoms with E-state index in [9.17, 15) is 8.78 Å². The van der Waals surface area contributed by atoms with Gasteiger partial charge in [0.2, 0.25) is 0 Å². The van der Waals surface area contributed by atoms with Crippen molar-refractivity contribution in [3.63, 3.8) is 0 Å². The van der Waals surface area contributed by atoms with E-state index in [1.165, 1.54) is 6.07 Å². The maximum atomic E-state index is 15.4. The highest BCUT2D eigenvalue weighted by Crippen LogP contribution is 2.45. The third-order valence-electron chi connectivity index (χ3n) is 10.1. The fourth-order valence-corrected chi connectivity index (χ4v) is 7.76. The van der Waals surface area contributed by atoms with Crippen LogP contribution in [0.1, 0.15) is 5.56 Å². The number of halogens is 5. The molecule has 0 aliphatic carbocycles. The van der Waals surface area contributed by atoms with E-state index in [0.29, 0.717) is 45.5 Å². The molecule has 10 aromatic rings. The molecule has 270 valence electrons. The van der Waals surface area contributed by atoms with Crippen LogP contribution in [0.2, 0.25) is 0 Å². The highest BCUT2D eigenvalue weighted by atomic mass is 19.4. The number of hydrogen-bond acceptors (Lipinski definition) is 4. The van der Waals surface area contributed by atoms with Crippen LogP contribution in [0.4, 0.5) is 22.0 Å². The molecule has 0 unspecified atom stereocenters. The topological polar surface area (TPSA) is 61.4 Å². The molecule has 0 spiro atoms. The lowest BCUT2D eigenvalue weighted by molar-refractivity contribution is -0.137. The second-order valence-electron chi connectivity index (χ2n) is 13.4. The molecule has 11 heteroatoms. The summed E-state index contributed by atoms with van der Waals surface area (Å²) in [5.74, 6) is -0.968. The van der Waals surface area contributed by atoms with Crippen molar-refractivity contribution in [2.75, 3.05) is 0 Å². The predicted molar refractivity (Wildman–Crippen MR) is 208 cm³/mol. The van der Waals surface area contributed by atoms with Gasteiger partial charge in [-0.1, -0.05) is 36.4 Å². The maximum Gasteiger partial charge on any atom is 0.417 e. The summed E-state index contributed by atoms with van der Waals surface area (Å²) in [5, 5.41) is 3.21. The van der Waals surface area contributed by atoms with E-state index in [1.54, 1.807) is 36.9 Å². The van der Waals surface area contributed by atoms with Gasteiger partial charge in [0.25, 0.3) is 0 Å². The van der Waals surface area contributed by atoms with Crippen molar-refractivity contribution in [3.05, 3.63) is 169 Å². The molecular formula is C45H25F5N6. The molecule has 0 bridgehead atoms. The lowest BCUT2D eigenvalue weighted by Crippen LogP contribution is -2.12. The summed E-state index contributed by atoms with van der Waals surface area (Å²) in [7, 11) is 0. The van der Waals surface area contributed by atoms with Gasteiger partial charge in [0.05, 0.1) is 39.0 Å². The lowest BCUT2D eigenvalue weighted by atomic mass is 9.96. The number of alkyl halides is 3. The number of benzene rings is 6. The van der Waals surface area contributed by atoms with Gasteiger partial charge in [-0.2, -0.15) is 13.2 Å². The second-order valence-corrected chi connectivity index (χ2v) is 13.4. The quantitative estimate of drug-likeness (QED) is 0.165. The van der Waals surface area contributed by atoms with E-state index in [2.05, 4.69) is 19.9 Å². The molecule has 0 saturated carbocycles. The Morgan fingerprint density at radius 2 is 0.857 bits per heavy atom. The van der Waals surface area contributed by atoms with Gasteiger partial charge in [0, 0.05) is 63.5 Å². The van der Waals surface area contributed by atoms with E-state index < -0.39 is 23.4 Å². The summed E-state index contributed by atoms with van der Waals surface area (Å²) in [5.41, 5.74) is 3.04. The molecular weight excluding hydrogens is 720 g/mol. The van der Waals surface area contributed by atoms with Crippen molar-refractivity contribution in [1.29, 1.82) is 0 Å². The van der Waals surface area contributed by atoms with Gasteiger partial charge < -0.3 is 9.13 Å². The molecule has 10 rings (SSSR count). The first-order valence-corrected chi connectivity index (χ1v) is 17.6. The molecule has 4 aromatic heterocycles. The van der Waals surface area contributed by atoms with Gasteiger partial charge in [0.15, 0.2) is 11.6 Å². The first-order valence-electron chi connectivity index (χ1n) is 17.6. The summed E-state index contributed by atoms with van der Waals surface area (Å²) in [6, 6.07) is 34.9. The van der Waals surface area contributed by atoms with Crippen LogP contribution in [-0.4, -0.2) is 29.1 Å². The summed E-state index contributed by atoms with van der Waals surface area (Å²) in [6.45, 7) is 0. The molecule has 6 nitrogen and oxygen atoms in total. The number of nitrogens with zero attached hydrogens (tertiary/aromatic N) is 6. The lowest BCUT2D eigenvalue weighted by Gasteiger charge is -2.22. The number of rotatable bonds is 5. The Hall–Kier alpha value is -7.27. The number of fused-ring (bicyclic) bond motifs is 6. The molecule has 0 saturated heterocycles. The van der Waals surface area contributed by atoms with Crippen LogP contribution in [-0.2, 0) is 6.18 Å². The molecule has 0 aliphatic rings. The fourth-order valence-electron chi connectivity index (χ4n) is 7.76. The summed E-state index contributed by atoms with van der Waals surface area (Å²) in [6.07, 6.45) is 1.70. The van der Waals surface area contributed by atoms with E-state index in [0.717, 1.165) is 50.9 Å². The van der Waals surface area contributed by atoms with Crippen molar-refractivity contribution < 1.29 is 22.0 Å². The minimum absolute atomic E-state index is 0.200. The third kappa shape index (κ3) is 5.38. The normalized spacial score (nSPS) is 12.0. The Kier molecular flexibility index (Phi) is 7.53. The third-order valence-corrected chi connectivity index (χ3v) is 10.1. The Morgan fingerprint density at radius 3 is 1.34 bits per heavy atom. The minimum Gasteiger partial charge on any atom is -0.307 e. The van der Waals surface area contributed by atoms with E-state index in [4.69, 9.17) is 0 Å². The van der Waals surface area contributed by atoms with E-state index in [1.807, 2.05) is 94.1 Å². The molecule has 0 radical (unpaired) electrons. The van der Waals surface area contributed by atoms with Crippen LogP contribution in [0, 0.1) is 11.6 Å². The average Bonchev–Trinajstić information content (AvgIpc) is 3.72. The van der Waals surface area contributed by atoms with Crippen molar-refractivity contribution in [2.45, 2.75) is 6.18 Å². The van der Waals surface area contributed by atoms with Crippen LogP contribution in [0.15, 0.2) is 152 Å². The summed E-state index contributed by atoms with van der Waals surface area (Å²) >= 11 is 0. The SMILES string of the molecule is Fc1cc(F)cc(-c2cc(-n3c4ccccc4c4cc(-c5ncccn5)ccc43)c(-n3c4ccccc4c4cc(-c5ncccn5)ccc43)cc2C(F)(F)F)c1. The van der Waals surface area contributed by atoms with Crippen molar-refractivity contribution >= 4 is 43.6 Å². The first kappa shape index (κ1) is 33.3. The highest BCUT2D eigenvalue weighted by molar-refractivity contribution is 6.13. The fraction of sp³-hybridized carbons (Fsp3) is 0.0222. The molecule has 0 atom stereocenters. The van der Waals surface area contributed by atoms with Gasteiger partial charge in [-0.3, -0.25) is 0 Å². The van der Waals surface area contributed by atoms with Crippen LogP contribution in [0.5, 0.6) is 0 Å². The summed E-state index contributed by atoms with van der Waals surface area (Å²) < 4.78 is 79.4. The molecule has 0 fully saturated rings. The zero-order valence-electron chi connectivity index (χ0n) is 29.0. The molecule has 56 heavy (non-hydrogen) atoms. The molecule has 0 aliphatic heterocycles. The zero-order chi connectivity index (χ0) is 38.1. The minimum atomic E-state index is -4.91. The molecule has 0 N–H and O–H groups in total. The number of aromatic nitrogens is 6. The van der Waals surface area contributed by atoms with Gasteiger partial charge in [0.1, 0.15) is 11.6 Å². The second kappa shape index (κ2) is 12.7. The van der Waals surface area contributed by atoms with Gasteiger partial charge in [-0.15, -0.1) is 0 Å². The van der Waals surface area contributed by atoms with Gasteiger partial charge in [-0.05, 0) is 96.1 Å². The summed E-state index contributed by atoms with van der Waals surface area (Å²) in [4.78, 5) is 17.7. The zero-order valence-corrected chi connectivity index (χ0v) is 29.0. The van der Waals surface area contributed by atoms with E-state index >= 15 is 13.2 Å². The average molecular weight is 745 g/mol. The van der Waals surface area contributed by atoms with Gasteiger partial charge >= 0.3 is 6.18 Å². The standard InChI is InChI=1S/C45H25F5N6/c46-29-19-28(20-30(47)23-29)33-24-41(55-37-9-3-1-7-31(37)34-21-26(11-13-39(34)55)43-51-15-5-16-52-43)42(25-36(33)45(48,49)50)56-38-10-4-2-8-32(38)35-22-27(12-14-40(35)56)44-53-17-6-18-54-44/h1-25H. The van der Waals surface area contributed by atoms with Crippen LogP contribution >= 0.6 is 0 Å². The Balaban J connectivity index is 1.35. The van der Waals surface area contributed by atoms with Crippen LogP contribution in [0.3, 0.4) is 0 Å². The number of para-hydroxylation sites is 2. The molecule has 6 aromatic carbocycles. The molecule has 0 amide bonds. The van der Waals surface area contributed by atoms with E-state index in [-0.39, 0.29) is 16.8 Å². The van der Waals surface area contributed by atoms with Crippen LogP contribution in [0.25, 0.3) is 88.9 Å². The van der Waals surface area contributed by atoms with Crippen molar-refractivity contribution in [2.24, 2.45) is 0 Å². The Bertz CT molecular complexity index is 3130. The molecule has 4 heterocycles. The highest BCUT2D eigenvalue weighted by Gasteiger charge is 2.36. The van der Waals surface area contributed by atoms with Crippen LogP contribution < -0.4 is 0 Å². The Morgan fingerprint density at radius 1 is 0.411 bits per heavy atom. The Labute approximate surface area is 314 Å². The first-order chi connectivity index (χ1) is 27.2. The maximum absolute atomic E-state index is 15.4. The van der Waals surface area contributed by atoms with Crippen molar-refractivity contribution in [3.8, 4) is 45.3 Å². The largest absolute Gasteiger partial charge is 0.417 e. The predicted octanol–water partition coefficient (Wildman–Crippen LogP) is 11.8. The monoisotopic (exact) mass is 744 g/mol. The smallest absolute Gasteiger partial charge is 0.307 e. The van der Waals surface area contributed by atoms with Crippen molar-refractivity contribution in [1.82, 2.24) is 29.1 Å². The number of hydrogen-bond donors (Lipinski definition) is 0. The van der Waals surface area contributed by atoms with Gasteiger partial charge in [-0.25, -0.2) is 28.7 Å².